The molecule has 7 heteroatoms. The van der Waals surface area contributed by atoms with Gasteiger partial charge in [0.05, 0.1) is 0 Å². The molecule has 3 N–H and O–H groups in total. The van der Waals surface area contributed by atoms with Crippen molar-refractivity contribution >= 4 is 32.8 Å². The molecule has 0 fully saturated rings. The van der Waals surface area contributed by atoms with Crippen LogP contribution >= 0.6 is 15.9 Å². The highest BCUT2D eigenvalue weighted by atomic mass is 79.9. The maximum Gasteiger partial charge on any atom is 0.339 e. The molecule has 22 heavy (non-hydrogen) atoms. The highest BCUT2D eigenvalue weighted by Crippen LogP contribution is 2.36. The average Bonchev–Trinajstić information content (AvgIpc) is 2.55. The van der Waals surface area contributed by atoms with Crippen molar-refractivity contribution in [2.75, 3.05) is 6.61 Å². The fraction of sp³-hybridized carbons (Fsp3) is 0.333. The number of carbonyl (C=O) groups is 1. The van der Waals surface area contributed by atoms with Crippen LogP contribution in [0.1, 0.15) is 24.0 Å². The second kappa shape index (κ2) is 6.10. The quantitative estimate of drug-likeness (QED) is 0.373. The van der Waals surface area contributed by atoms with Crippen LogP contribution in [-0.4, -0.2) is 12.5 Å². The second-order valence-corrected chi connectivity index (χ2v) is 5.96. The van der Waals surface area contributed by atoms with Gasteiger partial charge in [0.1, 0.15) is 10.2 Å². The van der Waals surface area contributed by atoms with Crippen LogP contribution in [0, 0.1) is 0 Å². The Kier molecular flexibility index (Phi) is 4.17. The highest BCUT2D eigenvalue weighted by molar-refractivity contribution is 9.10. The summed E-state index contributed by atoms with van der Waals surface area (Å²) in [6.45, 7) is -0.213. The molecule has 0 spiro atoms. The molecule has 0 saturated carbocycles. The minimum absolute atomic E-state index is 0.213. The summed E-state index contributed by atoms with van der Waals surface area (Å²) in [6, 6.07) is 3.62. The summed E-state index contributed by atoms with van der Waals surface area (Å²) in [5.74, 6) is 4.99. The topological polar surface area (TPSA) is 94.6 Å². The van der Waals surface area contributed by atoms with Gasteiger partial charge in [-0.25, -0.2) is 10.6 Å². The van der Waals surface area contributed by atoms with Crippen molar-refractivity contribution in [3.63, 3.8) is 0 Å². The lowest BCUT2D eigenvalue weighted by atomic mass is 9.91. The van der Waals surface area contributed by atoms with Gasteiger partial charge in [-0.05, 0) is 59.3 Å². The van der Waals surface area contributed by atoms with Gasteiger partial charge in [-0.3, -0.25) is 10.2 Å². The molecule has 116 valence electrons. The third kappa shape index (κ3) is 2.62. The minimum atomic E-state index is -0.445. The van der Waals surface area contributed by atoms with E-state index in [1.54, 1.807) is 6.07 Å². The first-order valence-electron chi connectivity index (χ1n) is 7.01. The van der Waals surface area contributed by atoms with Gasteiger partial charge in [0.25, 0.3) is 5.91 Å². The first-order chi connectivity index (χ1) is 10.6. The Morgan fingerprint density at radius 1 is 1.32 bits per heavy atom. The number of rotatable bonds is 3. The zero-order valence-corrected chi connectivity index (χ0v) is 13.4. The van der Waals surface area contributed by atoms with Crippen LogP contribution in [0.3, 0.4) is 0 Å². The summed E-state index contributed by atoms with van der Waals surface area (Å²) in [5, 5.41) is 0.914. The fourth-order valence-corrected chi connectivity index (χ4v) is 3.30. The zero-order valence-electron chi connectivity index (χ0n) is 11.8. The molecule has 2 aromatic rings. The number of hydrogen-bond acceptors (Lipinski definition) is 5. The summed E-state index contributed by atoms with van der Waals surface area (Å²) >= 11 is 3.40. The van der Waals surface area contributed by atoms with Crippen molar-refractivity contribution in [2.45, 2.75) is 25.7 Å². The van der Waals surface area contributed by atoms with Gasteiger partial charge in [0.15, 0.2) is 12.2 Å². The van der Waals surface area contributed by atoms with Crippen molar-refractivity contribution in [3.05, 3.63) is 38.2 Å². The molecule has 1 aliphatic rings. The first-order valence-corrected chi connectivity index (χ1v) is 7.80. The van der Waals surface area contributed by atoms with Crippen LogP contribution in [0.25, 0.3) is 11.0 Å². The molecule has 1 aromatic heterocycles. The van der Waals surface area contributed by atoms with Crippen LogP contribution in [-0.2, 0) is 17.6 Å². The van der Waals surface area contributed by atoms with Crippen LogP contribution in [0.5, 0.6) is 5.75 Å². The van der Waals surface area contributed by atoms with Crippen molar-refractivity contribution in [2.24, 2.45) is 5.84 Å². The number of halogens is 1. The molecular weight excluding hydrogens is 352 g/mol. The van der Waals surface area contributed by atoms with Gasteiger partial charge in [0, 0.05) is 10.9 Å². The predicted octanol–water partition coefficient (Wildman–Crippen LogP) is 1.80. The largest absolute Gasteiger partial charge is 0.482 e. The summed E-state index contributed by atoms with van der Waals surface area (Å²) in [5.41, 5.74) is 3.99. The summed E-state index contributed by atoms with van der Waals surface area (Å²) in [6.07, 6.45) is 3.72. The lowest BCUT2D eigenvalue weighted by Crippen LogP contribution is -2.34. The van der Waals surface area contributed by atoms with Crippen LogP contribution in [0.4, 0.5) is 0 Å². The van der Waals surface area contributed by atoms with E-state index >= 15 is 0 Å². The van der Waals surface area contributed by atoms with Crippen molar-refractivity contribution in [1.29, 1.82) is 0 Å². The van der Waals surface area contributed by atoms with Crippen molar-refractivity contribution < 1.29 is 13.9 Å². The van der Waals surface area contributed by atoms with E-state index in [2.05, 4.69) is 15.9 Å². The van der Waals surface area contributed by atoms with E-state index in [9.17, 15) is 9.59 Å². The van der Waals surface area contributed by atoms with Crippen LogP contribution < -0.4 is 21.6 Å². The normalized spacial score (nSPS) is 13.7. The molecule has 1 aromatic carbocycles. The monoisotopic (exact) mass is 366 g/mol. The smallest absolute Gasteiger partial charge is 0.339 e. The lowest BCUT2D eigenvalue weighted by molar-refractivity contribution is -0.123. The molecule has 3 rings (SSSR count). The van der Waals surface area contributed by atoms with E-state index in [4.69, 9.17) is 15.0 Å². The number of hydrogen-bond donors (Lipinski definition) is 2. The number of nitrogens with two attached hydrogens (primary N) is 1. The molecule has 0 atom stereocenters. The Hall–Kier alpha value is -1.86. The molecular formula is C15H15BrN2O4. The van der Waals surface area contributed by atoms with E-state index in [0.29, 0.717) is 15.8 Å². The number of nitrogens with one attached hydrogen (secondary N) is 1. The summed E-state index contributed by atoms with van der Waals surface area (Å²) < 4.78 is 11.4. The van der Waals surface area contributed by atoms with Gasteiger partial charge in [0.2, 0.25) is 0 Å². The van der Waals surface area contributed by atoms with Gasteiger partial charge in [-0.2, -0.15) is 0 Å². The van der Waals surface area contributed by atoms with E-state index in [1.807, 2.05) is 11.5 Å². The van der Waals surface area contributed by atoms with Crippen molar-refractivity contribution in [3.8, 4) is 5.75 Å². The standard InChI is InChI=1S/C15H15BrN2O4/c16-13-11(21-7-12(19)18-17)6-5-9-8-3-1-2-4-10(8)15(20)22-14(9)13/h5-6H,1-4,7,17H2,(H,18,19). The molecule has 0 bridgehead atoms. The molecule has 0 radical (unpaired) electrons. The Balaban J connectivity index is 2.08. The van der Waals surface area contributed by atoms with E-state index in [0.717, 1.165) is 42.2 Å². The van der Waals surface area contributed by atoms with E-state index in [-0.39, 0.29) is 12.2 Å². The number of fused-ring (bicyclic) bond motifs is 3. The summed E-state index contributed by atoms with van der Waals surface area (Å²) in [4.78, 5) is 23.3. The molecule has 6 nitrogen and oxygen atoms in total. The summed E-state index contributed by atoms with van der Waals surface area (Å²) in [7, 11) is 0. The number of carbonyl (C=O) groups excluding carboxylic acids is 1. The Morgan fingerprint density at radius 3 is 2.77 bits per heavy atom. The molecule has 0 saturated heterocycles. The zero-order chi connectivity index (χ0) is 15.7. The minimum Gasteiger partial charge on any atom is -0.482 e. The maximum atomic E-state index is 12.1. The first kappa shape index (κ1) is 15.1. The van der Waals surface area contributed by atoms with Gasteiger partial charge >= 0.3 is 5.63 Å². The SMILES string of the molecule is NNC(=O)COc1ccc2c3c(c(=O)oc2c1Br)CCCC3. The fourth-order valence-electron chi connectivity index (χ4n) is 2.75. The number of aryl methyl sites for hydroxylation is 1. The molecule has 1 amide bonds. The van der Waals surface area contributed by atoms with E-state index < -0.39 is 5.91 Å². The Labute approximate surface area is 134 Å². The third-order valence-electron chi connectivity index (χ3n) is 3.82. The Bertz CT molecular complexity index is 800. The predicted molar refractivity (Wildman–Crippen MR) is 84.7 cm³/mol. The Morgan fingerprint density at radius 2 is 2.05 bits per heavy atom. The molecule has 1 aliphatic carbocycles. The number of ether oxygens (including phenoxy) is 1. The van der Waals surface area contributed by atoms with Crippen molar-refractivity contribution in [1.82, 2.24) is 5.43 Å². The third-order valence-corrected chi connectivity index (χ3v) is 4.57. The van der Waals surface area contributed by atoms with Crippen LogP contribution in [0.15, 0.2) is 25.8 Å². The molecule has 1 heterocycles. The second-order valence-electron chi connectivity index (χ2n) is 5.16. The number of hydrazine groups is 1. The number of amides is 1. The van der Waals surface area contributed by atoms with Gasteiger partial charge in [-0.15, -0.1) is 0 Å². The van der Waals surface area contributed by atoms with Crippen LogP contribution in [0.2, 0.25) is 0 Å². The lowest BCUT2D eigenvalue weighted by Gasteiger charge is -2.17. The van der Waals surface area contributed by atoms with E-state index in [1.165, 1.54) is 0 Å². The van der Waals surface area contributed by atoms with Gasteiger partial charge in [-0.1, -0.05) is 0 Å². The average molecular weight is 367 g/mol. The number of benzene rings is 1. The highest BCUT2D eigenvalue weighted by Gasteiger charge is 2.20. The molecule has 0 aliphatic heterocycles. The van der Waals surface area contributed by atoms with Gasteiger partial charge < -0.3 is 9.15 Å². The maximum absolute atomic E-state index is 12.1. The molecule has 0 unspecified atom stereocenters.